The summed E-state index contributed by atoms with van der Waals surface area (Å²) in [4.78, 5) is 20.8. The molecule has 10 nitrogen and oxygen atoms in total. The summed E-state index contributed by atoms with van der Waals surface area (Å²) in [5.41, 5.74) is 13.2. The lowest BCUT2D eigenvalue weighted by Gasteiger charge is -2.24. The van der Waals surface area contributed by atoms with Crippen molar-refractivity contribution in [2.45, 2.75) is 50.3 Å². The normalized spacial score (nSPS) is 26.9. The van der Waals surface area contributed by atoms with Crippen LogP contribution in [0.4, 0.5) is 5.69 Å². The van der Waals surface area contributed by atoms with Crippen LogP contribution in [0.15, 0.2) is 18.6 Å². The summed E-state index contributed by atoms with van der Waals surface area (Å²) < 4.78 is 7.34. The van der Waals surface area contributed by atoms with Crippen molar-refractivity contribution < 1.29 is 19.7 Å². The summed E-state index contributed by atoms with van der Waals surface area (Å²) >= 11 is 0. The van der Waals surface area contributed by atoms with E-state index >= 15 is 0 Å². The Labute approximate surface area is 150 Å². The van der Waals surface area contributed by atoms with Crippen molar-refractivity contribution in [1.82, 2.24) is 19.9 Å². The van der Waals surface area contributed by atoms with Crippen LogP contribution in [-0.4, -0.2) is 61.6 Å². The van der Waals surface area contributed by atoms with Gasteiger partial charge in [-0.3, -0.25) is 9.36 Å². The van der Waals surface area contributed by atoms with Crippen molar-refractivity contribution in [2.24, 2.45) is 5.73 Å². The van der Waals surface area contributed by atoms with E-state index in [1.54, 1.807) is 10.6 Å². The van der Waals surface area contributed by atoms with Gasteiger partial charge in [-0.25, -0.2) is 9.97 Å². The molecule has 1 saturated heterocycles. The number of imidazole rings is 1. The highest BCUT2D eigenvalue weighted by Gasteiger charge is 2.46. The molecule has 1 amide bonds. The van der Waals surface area contributed by atoms with Crippen LogP contribution in [0.25, 0.3) is 11.2 Å². The molecular formula is C16H24N6O4. The molecule has 5 atom stereocenters. The van der Waals surface area contributed by atoms with Gasteiger partial charge in [0.15, 0.2) is 11.9 Å². The fourth-order valence-corrected chi connectivity index (χ4v) is 3.14. The Hall–Kier alpha value is -2.27. The monoisotopic (exact) mass is 364 g/mol. The van der Waals surface area contributed by atoms with Gasteiger partial charge in [-0.05, 0) is 12.5 Å². The molecule has 0 radical (unpaired) electrons. The highest BCUT2D eigenvalue weighted by Crippen LogP contribution is 2.32. The Balaban J connectivity index is 1.92. The average molecular weight is 364 g/mol. The number of rotatable bonds is 6. The predicted octanol–water partition coefficient (Wildman–Crippen LogP) is -1.12. The third-order valence-electron chi connectivity index (χ3n) is 4.56. The molecule has 0 aliphatic carbocycles. The second-order valence-electron chi connectivity index (χ2n) is 6.39. The van der Waals surface area contributed by atoms with Gasteiger partial charge in [0, 0.05) is 6.20 Å². The number of amides is 1. The maximum Gasteiger partial charge on any atom is 0.237 e. The number of hydrogen-bond donors (Lipinski definition) is 5. The summed E-state index contributed by atoms with van der Waals surface area (Å²) in [7, 11) is 0. The minimum absolute atomic E-state index is 0.389. The molecule has 0 bridgehead atoms. The summed E-state index contributed by atoms with van der Waals surface area (Å²) in [5.74, 6) is -0.389. The third-order valence-corrected chi connectivity index (χ3v) is 4.56. The molecule has 0 spiro atoms. The van der Waals surface area contributed by atoms with E-state index < -0.39 is 37.1 Å². The molecule has 1 aliphatic heterocycles. The van der Waals surface area contributed by atoms with Crippen LogP contribution in [0.5, 0.6) is 0 Å². The maximum atomic E-state index is 12.3. The van der Waals surface area contributed by atoms with E-state index in [-0.39, 0.29) is 5.91 Å². The molecule has 142 valence electrons. The maximum absolute atomic E-state index is 12.3. The van der Waals surface area contributed by atoms with Crippen LogP contribution in [-0.2, 0) is 9.53 Å². The van der Waals surface area contributed by atoms with Gasteiger partial charge in [0.1, 0.15) is 23.8 Å². The number of nitrogens with two attached hydrogens (primary N) is 2. The molecule has 1 aliphatic rings. The highest BCUT2D eigenvalue weighted by atomic mass is 16.5. The molecule has 10 heteroatoms. The minimum Gasteiger partial charge on any atom is -0.397 e. The van der Waals surface area contributed by atoms with E-state index in [0.717, 1.165) is 6.42 Å². The number of nitrogens with zero attached hydrogens (tertiary/aromatic N) is 3. The number of aliphatic hydroxyl groups is 2. The Bertz CT molecular complexity index is 781. The first-order valence-corrected chi connectivity index (χ1v) is 8.55. The Morgan fingerprint density at radius 1 is 1.50 bits per heavy atom. The van der Waals surface area contributed by atoms with Crippen LogP contribution >= 0.6 is 0 Å². The summed E-state index contributed by atoms with van der Waals surface area (Å²) in [6.45, 7) is 1.53. The van der Waals surface area contributed by atoms with Gasteiger partial charge >= 0.3 is 0 Å². The number of carbonyl (C=O) groups excluding carboxylic acids is 1. The lowest BCUT2D eigenvalue weighted by Crippen LogP contribution is -2.51. The number of pyridine rings is 1. The molecule has 7 N–H and O–H groups in total. The van der Waals surface area contributed by atoms with Crippen LogP contribution in [0.3, 0.4) is 0 Å². The van der Waals surface area contributed by atoms with Crippen LogP contribution in [0, 0.1) is 0 Å². The Kier molecular flexibility index (Phi) is 5.37. The number of fused-ring (bicyclic) bond motifs is 1. The molecular weight excluding hydrogens is 340 g/mol. The zero-order valence-electron chi connectivity index (χ0n) is 14.4. The lowest BCUT2D eigenvalue weighted by atomic mass is 10.1. The zero-order chi connectivity index (χ0) is 18.8. The smallest absolute Gasteiger partial charge is 0.237 e. The van der Waals surface area contributed by atoms with Crippen LogP contribution in [0.1, 0.15) is 26.0 Å². The van der Waals surface area contributed by atoms with Gasteiger partial charge in [-0.1, -0.05) is 13.3 Å². The van der Waals surface area contributed by atoms with E-state index in [4.69, 9.17) is 16.2 Å². The number of aliphatic hydroxyl groups excluding tert-OH is 2. The lowest BCUT2D eigenvalue weighted by molar-refractivity contribution is -0.124. The quantitative estimate of drug-likeness (QED) is 0.430. The van der Waals surface area contributed by atoms with Gasteiger partial charge < -0.3 is 31.7 Å². The first kappa shape index (κ1) is 18.5. The number of ether oxygens (including phenoxy) is 1. The highest BCUT2D eigenvalue weighted by molar-refractivity contribution is 5.84. The fourth-order valence-electron chi connectivity index (χ4n) is 3.14. The standard InChI is InChI=1S/C16H24N6O4/c1-2-3-9(18)15(25)21-12-13(24)10(6-23)26-16(12)22-7-20-11-8(17)4-5-19-14(11)22/h4-5,7,9-10,12-13,16,23-24H,2-3,6,18H2,1H3,(H2,17,19)(H,21,25)/t9?,10-,12+,13?,16-/m1/s1. The molecule has 1 fully saturated rings. The van der Waals surface area contributed by atoms with Crippen molar-refractivity contribution in [3.8, 4) is 0 Å². The second kappa shape index (κ2) is 7.54. The fraction of sp³-hybridized carbons (Fsp3) is 0.562. The van der Waals surface area contributed by atoms with Crippen LogP contribution < -0.4 is 16.8 Å². The third kappa shape index (κ3) is 3.23. The van der Waals surface area contributed by atoms with Crippen molar-refractivity contribution in [3.63, 3.8) is 0 Å². The average Bonchev–Trinajstić information content (AvgIpc) is 3.18. The van der Waals surface area contributed by atoms with E-state index in [0.29, 0.717) is 23.3 Å². The Morgan fingerprint density at radius 2 is 2.27 bits per heavy atom. The molecule has 3 heterocycles. The van der Waals surface area contributed by atoms with Gasteiger partial charge in [0.2, 0.25) is 5.91 Å². The number of aromatic nitrogens is 3. The van der Waals surface area contributed by atoms with E-state index in [9.17, 15) is 15.0 Å². The number of hydrogen-bond acceptors (Lipinski definition) is 8. The first-order valence-electron chi connectivity index (χ1n) is 8.55. The van der Waals surface area contributed by atoms with E-state index in [2.05, 4.69) is 15.3 Å². The molecule has 26 heavy (non-hydrogen) atoms. The van der Waals surface area contributed by atoms with Crippen LogP contribution in [0.2, 0.25) is 0 Å². The number of carbonyl (C=O) groups is 1. The van der Waals surface area contributed by atoms with Gasteiger partial charge in [-0.15, -0.1) is 0 Å². The summed E-state index contributed by atoms with van der Waals surface area (Å²) in [5, 5.41) is 22.7. The molecule has 3 rings (SSSR count). The van der Waals surface area contributed by atoms with Crippen molar-refractivity contribution in [2.75, 3.05) is 12.3 Å². The first-order chi connectivity index (χ1) is 12.5. The summed E-state index contributed by atoms with van der Waals surface area (Å²) in [6, 6.07) is 0.126. The molecule has 2 aromatic heterocycles. The molecule has 2 unspecified atom stereocenters. The van der Waals surface area contributed by atoms with E-state index in [1.165, 1.54) is 12.5 Å². The van der Waals surface area contributed by atoms with Gasteiger partial charge in [0.05, 0.1) is 24.7 Å². The minimum atomic E-state index is -1.11. The van der Waals surface area contributed by atoms with Gasteiger partial charge in [0.25, 0.3) is 0 Å². The van der Waals surface area contributed by atoms with Crippen molar-refractivity contribution in [3.05, 3.63) is 18.6 Å². The molecule has 0 aromatic carbocycles. The predicted molar refractivity (Wildman–Crippen MR) is 93.8 cm³/mol. The van der Waals surface area contributed by atoms with Crippen molar-refractivity contribution >= 4 is 22.8 Å². The molecule has 0 saturated carbocycles. The Morgan fingerprint density at radius 3 is 2.96 bits per heavy atom. The second-order valence-corrected chi connectivity index (χ2v) is 6.39. The number of nitrogen functional groups attached to an aromatic ring is 1. The summed E-state index contributed by atoms with van der Waals surface area (Å²) in [6.07, 6.45) is 1.53. The largest absolute Gasteiger partial charge is 0.397 e. The SMILES string of the molecule is CCCC(N)C(=O)N[C@H]1C(O)[C@@H](CO)O[C@H]1n1cnc2c(N)ccnc21. The van der Waals surface area contributed by atoms with Gasteiger partial charge in [-0.2, -0.15) is 0 Å². The topological polar surface area (TPSA) is 162 Å². The number of anilines is 1. The molecule has 2 aromatic rings. The number of nitrogens with one attached hydrogen (secondary N) is 1. The zero-order valence-corrected chi connectivity index (χ0v) is 14.4. The van der Waals surface area contributed by atoms with Crippen molar-refractivity contribution in [1.29, 1.82) is 0 Å². The van der Waals surface area contributed by atoms with E-state index in [1.807, 2.05) is 6.92 Å².